The van der Waals surface area contributed by atoms with Gasteiger partial charge in [0.25, 0.3) is 11.8 Å². The summed E-state index contributed by atoms with van der Waals surface area (Å²) in [5.41, 5.74) is 10.9. The Morgan fingerprint density at radius 1 is 0.878 bits per heavy atom. The molecule has 0 fully saturated rings. The van der Waals surface area contributed by atoms with Crippen LogP contribution in [0, 0.1) is 6.92 Å². The molecule has 6 heterocycles. The van der Waals surface area contributed by atoms with Gasteiger partial charge in [0, 0.05) is 59.2 Å². The van der Waals surface area contributed by atoms with Crippen molar-refractivity contribution >= 4 is 40.0 Å². The summed E-state index contributed by atoms with van der Waals surface area (Å²) in [5.74, 6) is -0.723. The molecule has 4 aliphatic rings. The summed E-state index contributed by atoms with van der Waals surface area (Å²) >= 11 is 0. The van der Waals surface area contributed by atoms with Crippen LogP contribution in [0.5, 0.6) is 0 Å². The predicted molar refractivity (Wildman–Crippen MR) is 193 cm³/mol. The second-order valence-electron chi connectivity index (χ2n) is 14.2. The first-order chi connectivity index (χ1) is 23.5. The number of hydrogen-bond acceptors (Lipinski definition) is 6. The SMILES string of the molecule is CCCCCCN1C(=O)c2c3nc(cc4nc(cc5[nH]c(cc6[nH]c2c(c6C)C1=O)C(CC)C5C)C(CC)=C4C)C(C)C3CCC(=O)OC. The number of methoxy groups -OCH3 is 1. The molecule has 8 bridgehead atoms. The number of esters is 1. The summed E-state index contributed by atoms with van der Waals surface area (Å²) < 4.78 is 5.02. The molecule has 4 aliphatic heterocycles. The molecule has 0 spiro atoms. The Morgan fingerprint density at radius 3 is 2.33 bits per heavy atom. The van der Waals surface area contributed by atoms with E-state index in [4.69, 9.17) is 14.7 Å². The third-order valence-electron chi connectivity index (χ3n) is 11.3. The van der Waals surface area contributed by atoms with Crippen molar-refractivity contribution in [3.8, 4) is 0 Å². The number of carbonyl (C=O) groups excluding carboxylic acids is 3. The normalized spacial score (nSPS) is 21.0. The van der Waals surface area contributed by atoms with E-state index in [0.717, 1.165) is 83.6 Å². The maximum Gasteiger partial charge on any atom is 0.305 e. The van der Waals surface area contributed by atoms with Crippen LogP contribution >= 0.6 is 0 Å². The van der Waals surface area contributed by atoms with E-state index < -0.39 is 0 Å². The number of fused-ring (bicyclic) bond motifs is 8. The lowest BCUT2D eigenvalue weighted by molar-refractivity contribution is -0.140. The zero-order chi connectivity index (χ0) is 35.1. The van der Waals surface area contributed by atoms with Crippen LogP contribution in [0.4, 0.5) is 0 Å². The van der Waals surface area contributed by atoms with Gasteiger partial charge in [-0.3, -0.25) is 24.3 Å². The van der Waals surface area contributed by atoms with Gasteiger partial charge in [0.15, 0.2) is 0 Å². The molecule has 2 amide bonds. The number of H-pyrrole nitrogens is 2. The van der Waals surface area contributed by atoms with Crippen LogP contribution in [0.2, 0.25) is 0 Å². The second kappa shape index (κ2) is 13.9. The Hall–Kier alpha value is -4.27. The van der Waals surface area contributed by atoms with Crippen LogP contribution in [0.25, 0.3) is 22.2 Å². The van der Waals surface area contributed by atoms with Crippen molar-refractivity contribution in [1.82, 2.24) is 24.8 Å². The average molecular weight is 666 g/mol. The van der Waals surface area contributed by atoms with Gasteiger partial charge in [-0.15, -0.1) is 0 Å². The molecular weight excluding hydrogens is 614 g/mol. The fourth-order valence-electron chi connectivity index (χ4n) is 8.27. The minimum Gasteiger partial charge on any atom is -0.469 e. The smallest absolute Gasteiger partial charge is 0.305 e. The van der Waals surface area contributed by atoms with E-state index in [-0.39, 0.29) is 47.9 Å². The zero-order valence-corrected chi connectivity index (χ0v) is 30.4. The van der Waals surface area contributed by atoms with Crippen molar-refractivity contribution in [1.29, 1.82) is 0 Å². The lowest BCUT2D eigenvalue weighted by Gasteiger charge is -2.27. The quantitative estimate of drug-likeness (QED) is 0.148. The highest BCUT2D eigenvalue weighted by Crippen LogP contribution is 2.45. The average Bonchev–Trinajstić information content (AvgIpc) is 3.76. The standard InChI is InChI=1S/C40H51N5O4/c1-9-12-13-14-17-45-39(47)35-24(7)31-20-33-26(11-3)22(5)29(42-33)19-32-25(10-2)21(4)28(41-32)18-30-23(6)27(15-16-34(46)49-8)37(43-30)36(40(45)48)38(35)44-31/h18-20,22-23,26-27,42,44H,9-17H2,1-8H3. The Labute approximate surface area is 289 Å². The Balaban J connectivity index is 1.71. The highest BCUT2D eigenvalue weighted by Gasteiger charge is 2.41. The molecule has 9 nitrogen and oxygen atoms in total. The van der Waals surface area contributed by atoms with Crippen molar-refractivity contribution in [3.63, 3.8) is 0 Å². The molecule has 6 rings (SSSR count). The lowest BCUT2D eigenvalue weighted by atomic mass is 9.84. The molecule has 4 unspecified atom stereocenters. The third-order valence-corrected chi connectivity index (χ3v) is 11.3. The van der Waals surface area contributed by atoms with Gasteiger partial charge in [0.2, 0.25) is 0 Å². The molecule has 0 radical (unpaired) electrons. The van der Waals surface area contributed by atoms with Crippen molar-refractivity contribution in [2.24, 2.45) is 0 Å². The van der Waals surface area contributed by atoms with Gasteiger partial charge in [-0.25, -0.2) is 4.98 Å². The van der Waals surface area contributed by atoms with E-state index in [0.29, 0.717) is 35.3 Å². The van der Waals surface area contributed by atoms with Gasteiger partial charge in [-0.2, -0.15) is 0 Å². The van der Waals surface area contributed by atoms with Crippen molar-refractivity contribution in [2.45, 2.75) is 124 Å². The van der Waals surface area contributed by atoms with Crippen molar-refractivity contribution < 1.29 is 19.1 Å². The topological polar surface area (TPSA) is 121 Å². The van der Waals surface area contributed by atoms with E-state index in [1.165, 1.54) is 17.6 Å². The van der Waals surface area contributed by atoms with Gasteiger partial charge < -0.3 is 14.7 Å². The highest BCUT2D eigenvalue weighted by molar-refractivity contribution is 6.23. The third kappa shape index (κ3) is 5.99. The van der Waals surface area contributed by atoms with E-state index >= 15 is 0 Å². The van der Waals surface area contributed by atoms with Crippen LogP contribution in [0.15, 0.2) is 18.2 Å². The molecule has 260 valence electrons. The number of aromatic amines is 2. The van der Waals surface area contributed by atoms with E-state index in [1.54, 1.807) is 0 Å². The lowest BCUT2D eigenvalue weighted by Crippen LogP contribution is -2.41. The fourth-order valence-corrected chi connectivity index (χ4v) is 8.27. The summed E-state index contributed by atoms with van der Waals surface area (Å²) in [5, 5.41) is 0. The summed E-state index contributed by atoms with van der Waals surface area (Å²) in [6.07, 6.45) is 6.24. The fraction of sp³-hybridized carbons (Fsp3) is 0.525. The molecule has 2 N–H and O–H groups in total. The molecule has 49 heavy (non-hydrogen) atoms. The summed E-state index contributed by atoms with van der Waals surface area (Å²) in [7, 11) is 1.40. The van der Waals surface area contributed by atoms with Crippen molar-refractivity contribution in [3.05, 3.63) is 69.1 Å². The Bertz CT molecular complexity index is 1910. The number of hydrogen-bond donors (Lipinski definition) is 2. The van der Waals surface area contributed by atoms with Crippen LogP contribution < -0.4 is 0 Å². The summed E-state index contributed by atoms with van der Waals surface area (Å²) in [4.78, 5) is 60.4. The van der Waals surface area contributed by atoms with E-state index in [2.05, 4.69) is 69.7 Å². The summed E-state index contributed by atoms with van der Waals surface area (Å²) in [6.45, 7) is 15.3. The number of aryl methyl sites for hydroxylation is 1. The predicted octanol–water partition coefficient (Wildman–Crippen LogP) is 9.00. The van der Waals surface area contributed by atoms with Crippen molar-refractivity contribution in [2.75, 3.05) is 13.7 Å². The number of imide groups is 1. The van der Waals surface area contributed by atoms with Gasteiger partial charge >= 0.3 is 5.97 Å². The van der Waals surface area contributed by atoms with Gasteiger partial charge in [0.1, 0.15) is 0 Å². The number of nitrogens with zero attached hydrogens (tertiary/aromatic N) is 3. The highest BCUT2D eigenvalue weighted by atomic mass is 16.5. The number of allylic oxidation sites excluding steroid dienone is 2. The van der Waals surface area contributed by atoms with Gasteiger partial charge in [-0.1, -0.05) is 53.9 Å². The van der Waals surface area contributed by atoms with Gasteiger partial charge in [0.05, 0.1) is 40.8 Å². The Kier molecular flexibility index (Phi) is 9.83. The number of nitrogens with one attached hydrogen (secondary N) is 2. The van der Waals surface area contributed by atoms with Crippen LogP contribution in [0.3, 0.4) is 0 Å². The number of unbranched alkanes of at least 4 members (excludes halogenated alkanes) is 3. The molecule has 0 aromatic carbocycles. The monoisotopic (exact) mass is 665 g/mol. The number of amides is 2. The molecular formula is C40H51N5O4. The number of rotatable bonds is 10. The molecule has 4 atom stereocenters. The molecule has 2 aromatic rings. The van der Waals surface area contributed by atoms with Crippen LogP contribution in [0.1, 0.15) is 177 Å². The molecule has 0 aliphatic carbocycles. The zero-order valence-electron chi connectivity index (χ0n) is 30.4. The largest absolute Gasteiger partial charge is 0.469 e. The first-order valence-corrected chi connectivity index (χ1v) is 18.2. The molecule has 0 saturated heterocycles. The maximum absolute atomic E-state index is 14.6. The number of ether oxygens (including phenoxy) is 1. The minimum atomic E-state index is -0.326. The first kappa shape index (κ1) is 34.6. The molecule has 0 saturated carbocycles. The number of aromatic nitrogens is 4. The minimum absolute atomic E-state index is 0.0987. The molecule has 2 aromatic heterocycles. The second-order valence-corrected chi connectivity index (χ2v) is 14.2. The maximum atomic E-state index is 14.6. The van der Waals surface area contributed by atoms with Crippen LogP contribution in [-0.4, -0.2) is 56.3 Å². The Morgan fingerprint density at radius 2 is 1.63 bits per heavy atom. The summed E-state index contributed by atoms with van der Waals surface area (Å²) in [6, 6.07) is 6.39. The van der Waals surface area contributed by atoms with E-state index in [1.807, 2.05) is 6.92 Å². The van der Waals surface area contributed by atoms with E-state index in [9.17, 15) is 14.4 Å². The van der Waals surface area contributed by atoms with Gasteiger partial charge in [-0.05, 0) is 74.4 Å². The number of carbonyl (C=O) groups is 3. The first-order valence-electron chi connectivity index (χ1n) is 18.2. The molecule has 9 heteroatoms. The van der Waals surface area contributed by atoms with Crippen LogP contribution in [-0.2, 0) is 9.53 Å².